The van der Waals surface area contributed by atoms with Crippen LogP contribution in [0.4, 0.5) is 11.4 Å². The SMILES string of the molecule is CC(=O)Nc1ccc(/C=C/C(=O)Oc2ccc([N+](=O)[O-])c(Cl)c2)cc1. The zero-order chi connectivity index (χ0) is 18.4. The maximum Gasteiger partial charge on any atom is 0.336 e. The van der Waals surface area contributed by atoms with Crippen molar-refractivity contribution in [3.63, 3.8) is 0 Å². The van der Waals surface area contributed by atoms with Crippen molar-refractivity contribution in [1.29, 1.82) is 0 Å². The summed E-state index contributed by atoms with van der Waals surface area (Å²) in [5, 5.41) is 13.2. The molecular weight excluding hydrogens is 348 g/mol. The number of carbonyl (C=O) groups excluding carboxylic acids is 2. The standard InChI is InChI=1S/C17H13ClN2O5/c1-11(21)19-13-5-2-12(3-6-13)4-9-17(22)25-14-7-8-16(20(23)24)15(18)10-14/h2-10H,1H3,(H,19,21)/b9-4+. The lowest BCUT2D eigenvalue weighted by atomic mass is 10.2. The van der Waals surface area contributed by atoms with Crippen LogP contribution in [0.2, 0.25) is 5.02 Å². The number of hydrogen-bond acceptors (Lipinski definition) is 5. The molecule has 128 valence electrons. The largest absolute Gasteiger partial charge is 0.423 e. The average Bonchev–Trinajstić information content (AvgIpc) is 2.53. The Morgan fingerprint density at radius 1 is 1.20 bits per heavy atom. The molecule has 2 rings (SSSR count). The number of benzene rings is 2. The van der Waals surface area contributed by atoms with Crippen LogP contribution in [0.15, 0.2) is 48.5 Å². The van der Waals surface area contributed by atoms with E-state index in [-0.39, 0.29) is 22.4 Å². The molecule has 0 atom stereocenters. The van der Waals surface area contributed by atoms with E-state index in [1.54, 1.807) is 24.3 Å². The third kappa shape index (κ3) is 5.43. The molecular formula is C17H13ClN2O5. The smallest absolute Gasteiger partial charge is 0.336 e. The first-order chi connectivity index (χ1) is 11.8. The van der Waals surface area contributed by atoms with E-state index in [9.17, 15) is 19.7 Å². The van der Waals surface area contributed by atoms with Crippen molar-refractivity contribution in [3.8, 4) is 5.75 Å². The van der Waals surface area contributed by atoms with E-state index in [0.29, 0.717) is 5.69 Å². The van der Waals surface area contributed by atoms with Crippen LogP contribution in [0.25, 0.3) is 6.08 Å². The molecule has 0 bridgehead atoms. The molecule has 8 heteroatoms. The van der Waals surface area contributed by atoms with Crippen LogP contribution >= 0.6 is 11.6 Å². The number of ether oxygens (including phenoxy) is 1. The quantitative estimate of drug-likeness (QED) is 0.287. The summed E-state index contributed by atoms with van der Waals surface area (Å²) >= 11 is 5.75. The Balaban J connectivity index is 1.99. The third-order valence-electron chi connectivity index (χ3n) is 2.98. The van der Waals surface area contributed by atoms with E-state index in [1.165, 1.54) is 31.2 Å². The third-order valence-corrected chi connectivity index (χ3v) is 3.28. The highest BCUT2D eigenvalue weighted by atomic mass is 35.5. The van der Waals surface area contributed by atoms with Crippen LogP contribution in [0.3, 0.4) is 0 Å². The number of nitro benzene ring substituents is 1. The van der Waals surface area contributed by atoms with Gasteiger partial charge in [-0.3, -0.25) is 14.9 Å². The summed E-state index contributed by atoms with van der Waals surface area (Å²) in [7, 11) is 0. The topological polar surface area (TPSA) is 98.5 Å². The van der Waals surface area contributed by atoms with E-state index >= 15 is 0 Å². The highest BCUT2D eigenvalue weighted by molar-refractivity contribution is 6.32. The summed E-state index contributed by atoms with van der Waals surface area (Å²) < 4.78 is 5.04. The van der Waals surface area contributed by atoms with Gasteiger partial charge in [0, 0.05) is 30.8 Å². The Hall–Kier alpha value is -3.19. The Kier molecular flexibility index (Phi) is 5.86. The fraction of sp³-hybridized carbons (Fsp3) is 0.0588. The van der Waals surface area contributed by atoms with E-state index in [4.69, 9.17) is 16.3 Å². The summed E-state index contributed by atoms with van der Waals surface area (Å²) in [6.45, 7) is 1.41. The van der Waals surface area contributed by atoms with Crippen molar-refractivity contribution in [1.82, 2.24) is 0 Å². The van der Waals surface area contributed by atoms with Gasteiger partial charge in [0.1, 0.15) is 10.8 Å². The van der Waals surface area contributed by atoms with E-state index in [1.807, 2.05) is 0 Å². The highest BCUT2D eigenvalue weighted by Gasteiger charge is 2.13. The number of nitro groups is 1. The zero-order valence-electron chi connectivity index (χ0n) is 13.1. The van der Waals surface area contributed by atoms with Gasteiger partial charge in [-0.05, 0) is 29.8 Å². The summed E-state index contributed by atoms with van der Waals surface area (Å²) in [5.41, 5.74) is 1.11. The van der Waals surface area contributed by atoms with Gasteiger partial charge in [-0.25, -0.2) is 4.79 Å². The van der Waals surface area contributed by atoms with Gasteiger partial charge in [-0.15, -0.1) is 0 Å². The van der Waals surface area contributed by atoms with E-state index in [0.717, 1.165) is 11.6 Å². The van der Waals surface area contributed by atoms with E-state index < -0.39 is 10.9 Å². The molecule has 0 saturated carbocycles. The van der Waals surface area contributed by atoms with Gasteiger partial charge in [0.05, 0.1) is 4.92 Å². The molecule has 1 amide bonds. The van der Waals surface area contributed by atoms with Crippen LogP contribution in [0.1, 0.15) is 12.5 Å². The van der Waals surface area contributed by atoms with Crippen molar-refractivity contribution in [2.45, 2.75) is 6.92 Å². The Morgan fingerprint density at radius 3 is 2.44 bits per heavy atom. The monoisotopic (exact) mass is 360 g/mol. The molecule has 1 N–H and O–H groups in total. The molecule has 0 heterocycles. The number of rotatable bonds is 5. The number of hydrogen-bond donors (Lipinski definition) is 1. The van der Waals surface area contributed by atoms with Crippen molar-refractivity contribution in [3.05, 3.63) is 69.2 Å². The lowest BCUT2D eigenvalue weighted by molar-refractivity contribution is -0.384. The molecule has 0 spiro atoms. The van der Waals surface area contributed by atoms with Gasteiger partial charge >= 0.3 is 5.97 Å². The number of anilines is 1. The second-order valence-corrected chi connectivity index (χ2v) is 5.34. The van der Waals surface area contributed by atoms with Crippen LogP contribution in [0.5, 0.6) is 5.75 Å². The van der Waals surface area contributed by atoms with Crippen LogP contribution in [-0.2, 0) is 9.59 Å². The fourth-order valence-corrected chi connectivity index (χ4v) is 2.13. The molecule has 0 saturated heterocycles. The molecule has 0 fully saturated rings. The number of carbonyl (C=O) groups is 2. The minimum atomic E-state index is -0.657. The fourth-order valence-electron chi connectivity index (χ4n) is 1.89. The average molecular weight is 361 g/mol. The second-order valence-electron chi connectivity index (χ2n) is 4.93. The predicted octanol–water partition coefficient (Wildman–Crippen LogP) is 3.83. The molecule has 0 aromatic heterocycles. The summed E-state index contributed by atoms with van der Waals surface area (Å²) in [6, 6.07) is 10.5. The maximum absolute atomic E-state index is 11.8. The molecule has 2 aromatic carbocycles. The summed E-state index contributed by atoms with van der Waals surface area (Å²) in [4.78, 5) is 32.8. The highest BCUT2D eigenvalue weighted by Crippen LogP contribution is 2.28. The normalized spacial score (nSPS) is 10.5. The number of nitrogens with zero attached hydrogens (tertiary/aromatic N) is 1. The molecule has 0 aliphatic rings. The first-order valence-electron chi connectivity index (χ1n) is 7.06. The van der Waals surface area contributed by atoms with Crippen LogP contribution in [0, 0.1) is 10.1 Å². The van der Waals surface area contributed by atoms with Crippen molar-refractivity contribution in [2.75, 3.05) is 5.32 Å². The maximum atomic E-state index is 11.8. The molecule has 0 unspecified atom stereocenters. The Bertz CT molecular complexity index is 847. The lowest BCUT2D eigenvalue weighted by Gasteiger charge is -2.03. The van der Waals surface area contributed by atoms with Crippen LogP contribution in [-0.4, -0.2) is 16.8 Å². The summed E-state index contributed by atoms with van der Waals surface area (Å²) in [5.74, 6) is -0.726. The lowest BCUT2D eigenvalue weighted by Crippen LogP contribution is -2.05. The molecule has 7 nitrogen and oxygen atoms in total. The van der Waals surface area contributed by atoms with Gasteiger partial charge in [0.25, 0.3) is 5.69 Å². The number of nitrogens with one attached hydrogen (secondary N) is 1. The first-order valence-corrected chi connectivity index (χ1v) is 7.44. The molecule has 0 aliphatic heterocycles. The van der Waals surface area contributed by atoms with Crippen molar-refractivity contribution in [2.24, 2.45) is 0 Å². The Morgan fingerprint density at radius 2 is 1.88 bits per heavy atom. The minimum Gasteiger partial charge on any atom is -0.423 e. The van der Waals surface area contributed by atoms with E-state index in [2.05, 4.69) is 5.32 Å². The number of halogens is 1. The molecule has 0 radical (unpaired) electrons. The predicted molar refractivity (Wildman–Crippen MR) is 93.5 cm³/mol. The van der Waals surface area contributed by atoms with Gasteiger partial charge in [-0.1, -0.05) is 23.7 Å². The summed E-state index contributed by atoms with van der Waals surface area (Å²) in [6.07, 6.45) is 2.75. The Labute approximate surface area is 148 Å². The van der Waals surface area contributed by atoms with Crippen molar-refractivity contribution < 1.29 is 19.2 Å². The second kappa shape index (κ2) is 8.07. The van der Waals surface area contributed by atoms with Gasteiger partial charge in [0.15, 0.2) is 0 Å². The molecule has 25 heavy (non-hydrogen) atoms. The van der Waals surface area contributed by atoms with Crippen molar-refractivity contribution >= 4 is 40.9 Å². The van der Waals surface area contributed by atoms with Crippen LogP contribution < -0.4 is 10.1 Å². The van der Waals surface area contributed by atoms with Gasteiger partial charge in [-0.2, -0.15) is 0 Å². The van der Waals surface area contributed by atoms with Gasteiger partial charge < -0.3 is 10.1 Å². The van der Waals surface area contributed by atoms with Gasteiger partial charge in [0.2, 0.25) is 5.91 Å². The number of esters is 1. The molecule has 2 aromatic rings. The zero-order valence-corrected chi connectivity index (χ0v) is 13.8. The number of amides is 1. The first kappa shape index (κ1) is 18.2. The minimum absolute atomic E-state index is 0.103. The molecule has 0 aliphatic carbocycles.